The van der Waals surface area contributed by atoms with Gasteiger partial charge in [-0.15, -0.1) is 34.8 Å². The summed E-state index contributed by atoms with van der Waals surface area (Å²) in [5.41, 5.74) is 10.4. The van der Waals surface area contributed by atoms with Crippen LogP contribution < -0.4 is 4.98 Å². The zero-order chi connectivity index (χ0) is 41.6. The quantitative estimate of drug-likeness (QED) is 0.156. The molecule has 0 unspecified atom stereocenters. The fourth-order valence-electron chi connectivity index (χ4n) is 9.07. The molecule has 0 bridgehead atoms. The maximum absolute atomic E-state index is 16.2. The molecule has 4 heterocycles. The summed E-state index contributed by atoms with van der Waals surface area (Å²) in [6.07, 6.45) is 1.83. The molecule has 0 N–H and O–H groups in total. The molecule has 11 aromatic rings. The Morgan fingerprint density at radius 2 is 1.37 bits per heavy atom. The van der Waals surface area contributed by atoms with Crippen molar-refractivity contribution >= 4 is 54.6 Å². The summed E-state index contributed by atoms with van der Waals surface area (Å²) >= 11 is 0. The van der Waals surface area contributed by atoms with Crippen molar-refractivity contribution in [3.8, 4) is 34.0 Å². The van der Waals surface area contributed by atoms with Gasteiger partial charge in [-0.25, -0.2) is 9.97 Å². The first-order valence-corrected chi connectivity index (χ1v) is 20.5. The number of hydrogen-bond donors (Lipinski definition) is 0. The Hall–Kier alpha value is -6.69. The number of nitrogens with zero attached hydrogens (tertiary/aromatic N) is 5. The van der Waals surface area contributed by atoms with Gasteiger partial charge in [0.05, 0.1) is 11.0 Å². The molecule has 8 heteroatoms. The third-order valence-electron chi connectivity index (χ3n) is 12.0. The second kappa shape index (κ2) is 14.7. The average molecular weight is 991 g/mol. The van der Waals surface area contributed by atoms with Crippen molar-refractivity contribution in [2.75, 3.05) is 0 Å². The minimum Gasteiger partial charge on any atom is -0.656 e. The van der Waals surface area contributed by atoms with Crippen LogP contribution in [-0.2, 0) is 32.4 Å². The number of benzene rings is 7. The van der Waals surface area contributed by atoms with Gasteiger partial charge in [0.2, 0.25) is 0 Å². The molecule has 4 aromatic heterocycles. The third kappa shape index (κ3) is 6.13. The summed E-state index contributed by atoms with van der Waals surface area (Å²) in [6.45, 7) is 8.53. The monoisotopic (exact) mass is 990 g/mol. The van der Waals surface area contributed by atoms with Gasteiger partial charge in [0.15, 0.2) is 0 Å². The van der Waals surface area contributed by atoms with E-state index in [1.165, 1.54) is 18.2 Å². The topological polar surface area (TPSA) is 49.7 Å². The minimum absolute atomic E-state index is 0. The second-order valence-corrected chi connectivity index (χ2v) is 16.8. The van der Waals surface area contributed by atoms with Crippen molar-refractivity contribution < 1.29 is 29.8 Å². The van der Waals surface area contributed by atoms with Crippen molar-refractivity contribution in [1.82, 2.24) is 24.1 Å². The molecule has 0 saturated carbocycles. The number of hydrogen-bond acceptors (Lipinski definition) is 2. The molecule has 0 aliphatic rings. The Morgan fingerprint density at radius 1 is 0.629 bits per heavy atom. The number of halogens is 2. The molecule has 0 spiro atoms. The van der Waals surface area contributed by atoms with E-state index in [1.54, 1.807) is 30.3 Å². The summed E-state index contributed by atoms with van der Waals surface area (Å²) in [7, 11) is 0. The van der Waals surface area contributed by atoms with Gasteiger partial charge >= 0.3 is 21.1 Å². The van der Waals surface area contributed by atoms with Crippen LogP contribution in [-0.4, -0.2) is 19.1 Å². The van der Waals surface area contributed by atoms with Crippen LogP contribution in [0.25, 0.3) is 88.7 Å². The van der Waals surface area contributed by atoms with E-state index < -0.39 is 5.92 Å². The van der Waals surface area contributed by atoms with Gasteiger partial charge in [-0.2, -0.15) is 8.78 Å². The Morgan fingerprint density at radius 3 is 2.15 bits per heavy atom. The number of pyridine rings is 1. The predicted octanol–water partition coefficient (Wildman–Crippen LogP) is 13.7. The van der Waals surface area contributed by atoms with Gasteiger partial charge in [0.1, 0.15) is 11.6 Å². The summed E-state index contributed by atoms with van der Waals surface area (Å²) in [6, 6.07) is 54.2. The van der Waals surface area contributed by atoms with Crippen LogP contribution in [0.1, 0.15) is 43.0 Å². The fraction of sp³-hybridized carbons (Fsp3) is 0.111. The maximum Gasteiger partial charge on any atom is 2.00 e. The summed E-state index contributed by atoms with van der Waals surface area (Å²) < 4.78 is 36.7. The summed E-state index contributed by atoms with van der Waals surface area (Å²) in [5, 5.41) is 3.77. The third-order valence-corrected chi connectivity index (χ3v) is 12.0. The molecule has 11 rings (SSSR count). The van der Waals surface area contributed by atoms with Crippen molar-refractivity contribution in [2.45, 2.75) is 39.0 Å². The standard InChI is InChI=1S/C54H39F2N5.Pt/c1-33-15-14-30-57-51(33)61-45-22-12-11-20-39(45)40-26-24-34(31-47(40)61)38-21-13-23-46-49(38)59-52(60(46)37-18-9-6-10-19-37)41-27-28-43(53(2,3)4)48-42-32-36(25-29-44(42)58-50(41)48)54(55,56)35-16-7-5-8-17-35;/h5-30,32H,1-4H3;/q-2;+2. The molecule has 0 aliphatic carbocycles. The van der Waals surface area contributed by atoms with Crippen LogP contribution in [0, 0.1) is 13.0 Å². The molecular formula is C54H39F2N5Pt. The van der Waals surface area contributed by atoms with Crippen molar-refractivity contribution in [3.63, 3.8) is 0 Å². The van der Waals surface area contributed by atoms with Crippen LogP contribution in [0.3, 0.4) is 0 Å². The van der Waals surface area contributed by atoms with Crippen LogP contribution >= 0.6 is 0 Å². The first-order chi connectivity index (χ1) is 29.6. The molecule has 62 heavy (non-hydrogen) atoms. The predicted molar refractivity (Wildman–Crippen MR) is 244 cm³/mol. The van der Waals surface area contributed by atoms with E-state index in [0.717, 1.165) is 83.1 Å². The molecule has 0 saturated heterocycles. The van der Waals surface area contributed by atoms with E-state index in [4.69, 9.17) is 15.0 Å². The zero-order valence-electron chi connectivity index (χ0n) is 34.4. The van der Waals surface area contributed by atoms with E-state index in [-0.39, 0.29) is 37.6 Å². The molecule has 0 amide bonds. The van der Waals surface area contributed by atoms with Gasteiger partial charge in [-0.3, -0.25) is 4.57 Å². The molecule has 304 valence electrons. The first kappa shape index (κ1) is 39.4. The number of para-hydroxylation sites is 3. The van der Waals surface area contributed by atoms with Crippen molar-refractivity contribution in [2.24, 2.45) is 0 Å². The van der Waals surface area contributed by atoms with Crippen molar-refractivity contribution in [3.05, 3.63) is 192 Å². The van der Waals surface area contributed by atoms with Gasteiger partial charge in [0.25, 0.3) is 5.92 Å². The molecule has 7 aromatic carbocycles. The number of aromatic nitrogens is 5. The van der Waals surface area contributed by atoms with Crippen molar-refractivity contribution in [1.29, 1.82) is 0 Å². The Bertz CT molecular complexity index is 3500. The SMILES string of the molecule is Cc1cccnc1-n1c2[c-]c(-c3cccc4c3nc(-c3ccc(C(C)(C)C)c5c3[n-]c3ccc(C(F)(F)c6ccccc6)cc35)n4-c3ccccc3)ccc2c2ccccc21.[Pt+2]. The average Bonchev–Trinajstić information content (AvgIpc) is 3.96. The van der Waals surface area contributed by atoms with E-state index in [9.17, 15) is 0 Å². The summed E-state index contributed by atoms with van der Waals surface area (Å²) in [4.78, 5) is 15.6. The van der Waals surface area contributed by atoms with E-state index >= 15 is 8.78 Å². The van der Waals surface area contributed by atoms with Crippen LogP contribution in [0.2, 0.25) is 0 Å². The first-order valence-electron chi connectivity index (χ1n) is 20.5. The van der Waals surface area contributed by atoms with Crippen LogP contribution in [0.15, 0.2) is 164 Å². The molecule has 0 atom stereocenters. The number of alkyl halides is 2. The van der Waals surface area contributed by atoms with Gasteiger partial charge < -0.3 is 9.55 Å². The Kier molecular flexibility index (Phi) is 9.38. The number of aryl methyl sites for hydroxylation is 1. The number of fused-ring (bicyclic) bond motifs is 7. The second-order valence-electron chi connectivity index (χ2n) is 16.8. The van der Waals surface area contributed by atoms with E-state index in [1.807, 2.05) is 30.5 Å². The van der Waals surface area contributed by atoms with E-state index in [0.29, 0.717) is 16.7 Å². The smallest absolute Gasteiger partial charge is 0.656 e. The van der Waals surface area contributed by atoms with E-state index in [2.05, 4.69) is 128 Å². The molecule has 0 radical (unpaired) electrons. The normalized spacial score (nSPS) is 12.2. The number of rotatable bonds is 6. The van der Waals surface area contributed by atoms with Crippen LogP contribution in [0.4, 0.5) is 8.78 Å². The Balaban J connectivity index is 0.00000458. The van der Waals surface area contributed by atoms with Gasteiger partial charge in [0, 0.05) is 34.1 Å². The fourth-order valence-corrected chi connectivity index (χ4v) is 9.07. The zero-order valence-corrected chi connectivity index (χ0v) is 36.7. The maximum atomic E-state index is 16.2. The van der Waals surface area contributed by atoms with Gasteiger partial charge in [-0.1, -0.05) is 141 Å². The molecule has 5 nitrogen and oxygen atoms in total. The summed E-state index contributed by atoms with van der Waals surface area (Å²) in [5.74, 6) is -1.62. The molecule has 0 aliphatic heterocycles. The number of imidazole rings is 1. The van der Waals surface area contributed by atoms with Gasteiger partial charge in [-0.05, 0) is 81.5 Å². The molecular weight excluding hydrogens is 952 g/mol. The van der Waals surface area contributed by atoms with Crippen LogP contribution in [0.5, 0.6) is 0 Å². The minimum atomic E-state index is -3.19. The Labute approximate surface area is 372 Å². The largest absolute Gasteiger partial charge is 2.00 e. The molecule has 0 fully saturated rings.